The Hall–Kier alpha value is -0.980. The number of aliphatic hydroxyl groups excluding tert-OH is 2. The third kappa shape index (κ3) is 2.34. The molecular weight excluding hydrogens is 224 g/mol. The van der Waals surface area contributed by atoms with Gasteiger partial charge in [-0.15, -0.1) is 0 Å². The molecular formula is C11H18N2O4. The highest BCUT2D eigenvalue weighted by atomic mass is 16.3. The van der Waals surface area contributed by atoms with E-state index in [0.29, 0.717) is 25.7 Å². The number of β-amino-alcohol motifs (C(OH)–C–C–N with tert-alkyl or cyclic N) is 2. The molecule has 2 N–H and O–H groups in total. The Balaban J connectivity index is 2.07. The lowest BCUT2D eigenvalue weighted by atomic mass is 10.1. The molecule has 2 fully saturated rings. The molecule has 2 aliphatic heterocycles. The van der Waals surface area contributed by atoms with Gasteiger partial charge in [0.2, 0.25) is 5.91 Å². The van der Waals surface area contributed by atoms with E-state index in [0.717, 1.165) is 0 Å². The van der Waals surface area contributed by atoms with Crippen molar-refractivity contribution in [1.29, 1.82) is 0 Å². The van der Waals surface area contributed by atoms with Crippen LogP contribution in [0.3, 0.4) is 0 Å². The number of hydrogen-bond acceptors (Lipinski definition) is 5. The molecule has 0 saturated carbocycles. The van der Waals surface area contributed by atoms with Gasteiger partial charge in [0, 0.05) is 19.5 Å². The van der Waals surface area contributed by atoms with Crippen LogP contribution in [-0.2, 0) is 9.59 Å². The molecule has 0 bridgehead atoms. The summed E-state index contributed by atoms with van der Waals surface area (Å²) in [6.45, 7) is 0.682. The fraction of sp³-hybridized carbons (Fsp3) is 0.818. The van der Waals surface area contributed by atoms with E-state index < -0.39 is 18.2 Å². The van der Waals surface area contributed by atoms with Crippen molar-refractivity contribution in [1.82, 2.24) is 9.80 Å². The molecule has 0 aromatic carbocycles. The minimum absolute atomic E-state index is 0.169. The zero-order valence-electron chi connectivity index (χ0n) is 9.82. The van der Waals surface area contributed by atoms with E-state index in [-0.39, 0.29) is 18.5 Å². The molecule has 96 valence electrons. The zero-order chi connectivity index (χ0) is 12.6. The van der Waals surface area contributed by atoms with Crippen molar-refractivity contribution in [3.05, 3.63) is 0 Å². The summed E-state index contributed by atoms with van der Waals surface area (Å²) in [5.41, 5.74) is 0. The van der Waals surface area contributed by atoms with Gasteiger partial charge in [-0.25, -0.2) is 0 Å². The second-order valence-corrected chi connectivity index (χ2v) is 4.93. The predicted molar refractivity (Wildman–Crippen MR) is 59.2 cm³/mol. The molecule has 0 aromatic heterocycles. The van der Waals surface area contributed by atoms with Crippen molar-refractivity contribution in [2.24, 2.45) is 0 Å². The lowest BCUT2D eigenvalue weighted by Crippen LogP contribution is -2.47. The Bertz CT molecular complexity index is 323. The Kier molecular flexibility index (Phi) is 3.46. The number of likely N-dealkylation sites (tertiary alicyclic amines) is 2. The van der Waals surface area contributed by atoms with Crippen molar-refractivity contribution < 1.29 is 19.8 Å². The molecule has 4 atom stereocenters. The van der Waals surface area contributed by atoms with Crippen molar-refractivity contribution in [2.45, 2.75) is 37.1 Å². The lowest BCUT2D eigenvalue weighted by molar-refractivity contribution is -0.138. The quantitative estimate of drug-likeness (QED) is 0.559. The van der Waals surface area contributed by atoms with Gasteiger partial charge < -0.3 is 19.9 Å². The summed E-state index contributed by atoms with van der Waals surface area (Å²) >= 11 is 0. The fourth-order valence-corrected chi connectivity index (χ4v) is 2.68. The Morgan fingerprint density at radius 3 is 2.41 bits per heavy atom. The van der Waals surface area contributed by atoms with Gasteiger partial charge in [0.15, 0.2) is 0 Å². The van der Waals surface area contributed by atoms with Crippen LogP contribution in [0.4, 0.5) is 0 Å². The molecule has 2 heterocycles. The molecule has 0 radical (unpaired) electrons. The second kappa shape index (κ2) is 4.72. The van der Waals surface area contributed by atoms with Crippen molar-refractivity contribution >= 4 is 12.2 Å². The maximum Gasteiger partial charge on any atom is 0.240 e. The maximum atomic E-state index is 12.2. The van der Waals surface area contributed by atoms with E-state index >= 15 is 0 Å². The number of carbonyl (C=O) groups is 2. The van der Waals surface area contributed by atoms with Gasteiger partial charge in [0.25, 0.3) is 0 Å². The van der Waals surface area contributed by atoms with Gasteiger partial charge in [0.1, 0.15) is 6.29 Å². The molecule has 6 heteroatoms. The standard InChI is InChI=1S/C11H18N2O4/c1-12-4-9(16)3-10(12)11(17)13-5-8(15)2-7(13)6-14/h6-10,15-16H,2-5H2,1H3. The number of hydrogen-bond donors (Lipinski definition) is 2. The molecule has 1 amide bonds. The topological polar surface area (TPSA) is 81.1 Å². The molecule has 2 aliphatic rings. The van der Waals surface area contributed by atoms with Crippen LogP contribution in [0, 0.1) is 0 Å². The zero-order valence-corrected chi connectivity index (χ0v) is 9.82. The first kappa shape index (κ1) is 12.5. The third-order valence-corrected chi connectivity index (χ3v) is 3.57. The number of aldehydes is 1. The molecule has 2 saturated heterocycles. The number of rotatable bonds is 2. The van der Waals surface area contributed by atoms with E-state index in [4.69, 9.17) is 0 Å². The van der Waals surface area contributed by atoms with Crippen LogP contribution < -0.4 is 0 Å². The summed E-state index contributed by atoms with van der Waals surface area (Å²) in [5.74, 6) is -0.169. The molecule has 17 heavy (non-hydrogen) atoms. The third-order valence-electron chi connectivity index (χ3n) is 3.57. The lowest BCUT2D eigenvalue weighted by Gasteiger charge is -2.27. The highest BCUT2D eigenvalue weighted by molar-refractivity contribution is 5.85. The monoisotopic (exact) mass is 242 g/mol. The van der Waals surface area contributed by atoms with Crippen molar-refractivity contribution in [3.8, 4) is 0 Å². The maximum absolute atomic E-state index is 12.2. The van der Waals surface area contributed by atoms with Crippen LogP contribution in [0.1, 0.15) is 12.8 Å². The van der Waals surface area contributed by atoms with E-state index in [2.05, 4.69) is 0 Å². The number of likely N-dealkylation sites (N-methyl/N-ethyl adjacent to an activating group) is 1. The summed E-state index contributed by atoms with van der Waals surface area (Å²) in [4.78, 5) is 26.3. The van der Waals surface area contributed by atoms with E-state index in [1.807, 2.05) is 0 Å². The number of aliphatic hydroxyl groups is 2. The number of carbonyl (C=O) groups excluding carboxylic acids is 2. The Morgan fingerprint density at radius 1 is 1.24 bits per heavy atom. The smallest absolute Gasteiger partial charge is 0.240 e. The summed E-state index contributed by atoms with van der Waals surface area (Å²) < 4.78 is 0. The Morgan fingerprint density at radius 2 is 1.88 bits per heavy atom. The molecule has 0 spiro atoms. The average molecular weight is 242 g/mol. The minimum atomic E-state index is -0.620. The van der Waals surface area contributed by atoms with Crippen LogP contribution in [-0.4, -0.2) is 76.6 Å². The first-order chi connectivity index (χ1) is 8.02. The van der Waals surface area contributed by atoms with E-state index in [9.17, 15) is 19.8 Å². The molecule has 0 aromatic rings. The van der Waals surface area contributed by atoms with E-state index in [1.54, 1.807) is 11.9 Å². The first-order valence-corrected chi connectivity index (χ1v) is 5.85. The van der Waals surface area contributed by atoms with Crippen LogP contribution in [0.25, 0.3) is 0 Å². The fourth-order valence-electron chi connectivity index (χ4n) is 2.68. The predicted octanol–water partition coefficient (Wildman–Crippen LogP) is -1.79. The number of nitrogens with zero attached hydrogens (tertiary/aromatic N) is 2. The average Bonchev–Trinajstić information content (AvgIpc) is 2.80. The first-order valence-electron chi connectivity index (χ1n) is 5.85. The summed E-state index contributed by atoms with van der Waals surface area (Å²) in [6, 6.07) is -0.901. The summed E-state index contributed by atoms with van der Waals surface area (Å²) in [5, 5.41) is 19.0. The molecule has 2 rings (SSSR count). The molecule has 0 aliphatic carbocycles. The summed E-state index contributed by atoms with van der Waals surface area (Å²) in [6.07, 6.45) is 0.309. The van der Waals surface area contributed by atoms with Gasteiger partial charge in [-0.1, -0.05) is 0 Å². The van der Waals surface area contributed by atoms with Gasteiger partial charge in [0.05, 0.1) is 24.3 Å². The van der Waals surface area contributed by atoms with Crippen LogP contribution in [0.15, 0.2) is 0 Å². The van der Waals surface area contributed by atoms with Crippen molar-refractivity contribution in [3.63, 3.8) is 0 Å². The SMILES string of the molecule is CN1CC(O)CC1C(=O)N1CC(O)CC1C=O. The molecule has 4 unspecified atom stereocenters. The second-order valence-electron chi connectivity index (χ2n) is 4.93. The van der Waals surface area contributed by atoms with Crippen LogP contribution >= 0.6 is 0 Å². The van der Waals surface area contributed by atoms with Crippen LogP contribution in [0.5, 0.6) is 0 Å². The van der Waals surface area contributed by atoms with Crippen molar-refractivity contribution in [2.75, 3.05) is 20.1 Å². The Labute approximate surface area is 99.8 Å². The highest BCUT2D eigenvalue weighted by Crippen LogP contribution is 2.23. The normalized spacial score (nSPS) is 38.6. The van der Waals surface area contributed by atoms with Gasteiger partial charge in [-0.3, -0.25) is 9.69 Å². The number of amides is 1. The minimum Gasteiger partial charge on any atom is -0.392 e. The van der Waals surface area contributed by atoms with Gasteiger partial charge in [-0.05, 0) is 13.5 Å². The highest BCUT2D eigenvalue weighted by Gasteiger charge is 2.41. The van der Waals surface area contributed by atoms with E-state index in [1.165, 1.54) is 4.90 Å². The van der Waals surface area contributed by atoms with Crippen LogP contribution in [0.2, 0.25) is 0 Å². The van der Waals surface area contributed by atoms with Gasteiger partial charge in [-0.2, -0.15) is 0 Å². The largest absolute Gasteiger partial charge is 0.392 e. The van der Waals surface area contributed by atoms with Gasteiger partial charge >= 0.3 is 0 Å². The molecule has 6 nitrogen and oxygen atoms in total. The summed E-state index contributed by atoms with van der Waals surface area (Å²) in [7, 11) is 1.78.